The second-order valence-corrected chi connectivity index (χ2v) is 5.89. The molecule has 0 saturated carbocycles. The van der Waals surface area contributed by atoms with E-state index in [9.17, 15) is 9.59 Å². The largest absolute Gasteiger partial charge is 0.489 e. The first-order valence-corrected chi connectivity index (χ1v) is 8.19. The van der Waals surface area contributed by atoms with E-state index in [0.717, 1.165) is 11.1 Å². The molecule has 1 amide bonds. The van der Waals surface area contributed by atoms with Gasteiger partial charge in [0.1, 0.15) is 18.9 Å². The lowest BCUT2D eigenvalue weighted by Crippen LogP contribution is -2.26. The smallest absolute Gasteiger partial charge is 0.251 e. The third kappa shape index (κ3) is 4.80. The van der Waals surface area contributed by atoms with E-state index in [2.05, 4.69) is 10.3 Å². The highest BCUT2D eigenvalue weighted by Crippen LogP contribution is 2.17. The van der Waals surface area contributed by atoms with Crippen molar-refractivity contribution in [1.29, 1.82) is 0 Å². The molecule has 0 fully saturated rings. The van der Waals surface area contributed by atoms with Crippen molar-refractivity contribution in [2.24, 2.45) is 0 Å². The number of hydrogen-bond donors (Lipinski definition) is 1. The van der Waals surface area contributed by atoms with Crippen LogP contribution in [-0.4, -0.2) is 15.5 Å². The Hall–Kier alpha value is -3.41. The minimum Gasteiger partial charge on any atom is -0.489 e. The van der Waals surface area contributed by atoms with E-state index in [0.29, 0.717) is 18.0 Å². The van der Waals surface area contributed by atoms with Crippen LogP contribution in [0.25, 0.3) is 0 Å². The van der Waals surface area contributed by atoms with Gasteiger partial charge in [-0.05, 0) is 48.9 Å². The van der Waals surface area contributed by atoms with Crippen molar-refractivity contribution in [2.45, 2.75) is 20.1 Å². The zero-order valence-electron chi connectivity index (χ0n) is 14.4. The number of carbonyl (C=O) groups excluding carboxylic acids is 1. The van der Waals surface area contributed by atoms with E-state index in [1.165, 1.54) is 10.6 Å². The Morgan fingerprint density at radius 2 is 2.00 bits per heavy atom. The number of nitrogens with zero attached hydrogens (tertiary/aromatic N) is 2. The van der Waals surface area contributed by atoms with Crippen LogP contribution in [0.3, 0.4) is 0 Å². The van der Waals surface area contributed by atoms with Gasteiger partial charge in [0.25, 0.3) is 5.56 Å². The molecule has 0 aliphatic carbocycles. The third-order valence-electron chi connectivity index (χ3n) is 3.73. The highest BCUT2D eigenvalue weighted by atomic mass is 16.5. The molecular formula is C20H19N3O3. The Bertz CT molecular complexity index is 935. The first kappa shape index (κ1) is 17.4. The van der Waals surface area contributed by atoms with Gasteiger partial charge in [-0.15, -0.1) is 0 Å². The van der Waals surface area contributed by atoms with Crippen molar-refractivity contribution in [3.63, 3.8) is 0 Å². The molecule has 3 aromatic rings. The molecule has 132 valence electrons. The quantitative estimate of drug-likeness (QED) is 0.743. The summed E-state index contributed by atoms with van der Waals surface area (Å²) in [6.07, 6.45) is 5.08. The summed E-state index contributed by atoms with van der Waals surface area (Å²) in [6, 6.07) is 14.2. The van der Waals surface area contributed by atoms with Gasteiger partial charge in [0, 0.05) is 35.9 Å². The average Bonchev–Trinajstić information content (AvgIpc) is 2.64. The monoisotopic (exact) mass is 349 g/mol. The number of anilines is 1. The number of rotatable bonds is 6. The highest BCUT2D eigenvalue weighted by Gasteiger charge is 2.05. The molecule has 1 N–H and O–H groups in total. The van der Waals surface area contributed by atoms with Gasteiger partial charge in [0.2, 0.25) is 5.91 Å². The molecule has 0 saturated heterocycles. The van der Waals surface area contributed by atoms with Crippen molar-refractivity contribution in [2.75, 3.05) is 5.32 Å². The maximum Gasteiger partial charge on any atom is 0.251 e. The first-order chi connectivity index (χ1) is 12.6. The molecule has 0 atom stereocenters. The van der Waals surface area contributed by atoms with Crippen LogP contribution >= 0.6 is 0 Å². The van der Waals surface area contributed by atoms with Gasteiger partial charge in [0.15, 0.2) is 0 Å². The Kier molecular flexibility index (Phi) is 5.43. The SMILES string of the molecule is Cc1ccn(CC(=O)Nc2ccc(OCc3cccnc3)cc2)c(=O)c1. The van der Waals surface area contributed by atoms with Crippen LogP contribution in [0.15, 0.2) is 71.9 Å². The molecule has 26 heavy (non-hydrogen) atoms. The van der Waals surface area contributed by atoms with Crippen LogP contribution in [0.1, 0.15) is 11.1 Å². The van der Waals surface area contributed by atoms with Gasteiger partial charge in [-0.1, -0.05) is 6.07 Å². The number of carbonyl (C=O) groups is 1. The van der Waals surface area contributed by atoms with Crippen molar-refractivity contribution < 1.29 is 9.53 Å². The van der Waals surface area contributed by atoms with Crippen LogP contribution in [0.5, 0.6) is 5.75 Å². The summed E-state index contributed by atoms with van der Waals surface area (Å²) in [6.45, 7) is 2.23. The Balaban J connectivity index is 1.55. The number of benzene rings is 1. The minimum absolute atomic E-state index is 0.0294. The van der Waals surface area contributed by atoms with Crippen LogP contribution < -0.4 is 15.6 Å². The molecule has 2 heterocycles. The Morgan fingerprint density at radius 3 is 2.69 bits per heavy atom. The molecule has 1 aromatic carbocycles. The summed E-state index contributed by atoms with van der Waals surface area (Å²) >= 11 is 0. The van der Waals surface area contributed by atoms with E-state index in [-0.39, 0.29) is 18.0 Å². The van der Waals surface area contributed by atoms with Gasteiger partial charge < -0.3 is 14.6 Å². The minimum atomic E-state index is -0.264. The molecule has 6 heteroatoms. The predicted molar refractivity (Wildman–Crippen MR) is 99.1 cm³/mol. The fourth-order valence-corrected chi connectivity index (χ4v) is 2.38. The normalized spacial score (nSPS) is 10.3. The third-order valence-corrected chi connectivity index (χ3v) is 3.73. The van der Waals surface area contributed by atoms with Crippen LogP contribution in [0, 0.1) is 6.92 Å². The van der Waals surface area contributed by atoms with Gasteiger partial charge in [-0.2, -0.15) is 0 Å². The lowest BCUT2D eigenvalue weighted by molar-refractivity contribution is -0.116. The van der Waals surface area contributed by atoms with E-state index in [4.69, 9.17) is 4.74 Å². The molecule has 0 spiro atoms. The molecule has 0 unspecified atom stereocenters. The van der Waals surface area contributed by atoms with Crippen molar-refractivity contribution >= 4 is 11.6 Å². The zero-order valence-corrected chi connectivity index (χ0v) is 14.4. The zero-order chi connectivity index (χ0) is 18.4. The average molecular weight is 349 g/mol. The molecule has 0 aliphatic rings. The van der Waals surface area contributed by atoms with E-state index < -0.39 is 0 Å². The van der Waals surface area contributed by atoms with Crippen LogP contribution in [0.2, 0.25) is 0 Å². The lowest BCUT2D eigenvalue weighted by atomic mass is 10.3. The highest BCUT2D eigenvalue weighted by molar-refractivity contribution is 5.90. The van der Waals surface area contributed by atoms with Gasteiger partial charge in [-0.3, -0.25) is 14.6 Å². The number of amides is 1. The number of aryl methyl sites for hydroxylation is 1. The van der Waals surface area contributed by atoms with Crippen LogP contribution in [-0.2, 0) is 17.9 Å². The molecule has 0 radical (unpaired) electrons. The Labute approximate surface area is 151 Å². The van der Waals surface area contributed by atoms with Crippen molar-refractivity contribution in [3.8, 4) is 5.75 Å². The number of ether oxygens (including phenoxy) is 1. The summed E-state index contributed by atoms with van der Waals surface area (Å²) in [5, 5.41) is 2.77. The summed E-state index contributed by atoms with van der Waals surface area (Å²) in [7, 11) is 0. The molecule has 3 rings (SSSR count). The fraction of sp³-hybridized carbons (Fsp3) is 0.150. The topological polar surface area (TPSA) is 73.2 Å². The van der Waals surface area contributed by atoms with Gasteiger partial charge in [0.05, 0.1) is 0 Å². The van der Waals surface area contributed by atoms with E-state index in [1.54, 1.807) is 48.9 Å². The molecular weight excluding hydrogens is 330 g/mol. The summed E-state index contributed by atoms with van der Waals surface area (Å²) in [5.41, 5.74) is 2.30. The number of aromatic nitrogens is 2. The summed E-state index contributed by atoms with van der Waals surface area (Å²) < 4.78 is 7.05. The molecule has 0 bridgehead atoms. The fourth-order valence-electron chi connectivity index (χ4n) is 2.38. The van der Waals surface area contributed by atoms with Crippen molar-refractivity contribution in [1.82, 2.24) is 9.55 Å². The number of hydrogen-bond acceptors (Lipinski definition) is 4. The molecule has 0 aliphatic heterocycles. The van der Waals surface area contributed by atoms with Crippen molar-refractivity contribution in [3.05, 3.63) is 88.6 Å². The number of nitrogens with one attached hydrogen (secondary N) is 1. The van der Waals surface area contributed by atoms with Gasteiger partial charge >= 0.3 is 0 Å². The second kappa shape index (κ2) is 8.11. The van der Waals surface area contributed by atoms with E-state index in [1.807, 2.05) is 19.1 Å². The van der Waals surface area contributed by atoms with E-state index >= 15 is 0 Å². The summed E-state index contributed by atoms with van der Waals surface area (Å²) in [5.74, 6) is 0.432. The number of pyridine rings is 2. The maximum absolute atomic E-state index is 12.1. The summed E-state index contributed by atoms with van der Waals surface area (Å²) in [4.78, 5) is 28.0. The maximum atomic E-state index is 12.1. The predicted octanol–water partition coefficient (Wildman–Crippen LogP) is 2.77. The Morgan fingerprint density at radius 1 is 1.19 bits per heavy atom. The molecule has 2 aromatic heterocycles. The first-order valence-electron chi connectivity index (χ1n) is 8.19. The van der Waals surface area contributed by atoms with Crippen LogP contribution in [0.4, 0.5) is 5.69 Å². The van der Waals surface area contributed by atoms with Gasteiger partial charge in [-0.25, -0.2) is 0 Å². The molecule has 6 nitrogen and oxygen atoms in total. The standard InChI is InChI=1S/C20H19N3O3/c1-15-8-10-23(20(25)11-15)13-19(24)22-17-4-6-18(7-5-17)26-14-16-3-2-9-21-12-16/h2-12H,13-14H2,1H3,(H,22,24). The lowest BCUT2D eigenvalue weighted by Gasteiger charge is -2.09. The second-order valence-electron chi connectivity index (χ2n) is 5.89.